The number of thioether (sulfide) groups is 1. The van der Waals surface area contributed by atoms with Crippen LogP contribution in [0.4, 0.5) is 5.69 Å². The molecule has 2 heterocycles. The first-order valence-corrected chi connectivity index (χ1v) is 10.9. The molecule has 0 unspecified atom stereocenters. The Labute approximate surface area is 192 Å². The van der Waals surface area contributed by atoms with Gasteiger partial charge in [0.2, 0.25) is 0 Å². The number of rotatable bonds is 6. The number of halogens is 2. The van der Waals surface area contributed by atoms with Crippen LogP contribution in [0.2, 0.25) is 10.0 Å². The summed E-state index contributed by atoms with van der Waals surface area (Å²) in [7, 11) is 0. The summed E-state index contributed by atoms with van der Waals surface area (Å²) in [6, 6.07) is 14.2. The second kappa shape index (κ2) is 9.47. The zero-order chi connectivity index (χ0) is 21.8. The molecule has 10 heteroatoms. The van der Waals surface area contributed by atoms with E-state index in [0.717, 1.165) is 11.3 Å². The van der Waals surface area contributed by atoms with Gasteiger partial charge in [0.05, 0.1) is 11.4 Å². The Morgan fingerprint density at radius 2 is 1.77 bits per heavy atom. The number of anilines is 1. The van der Waals surface area contributed by atoms with Crippen molar-refractivity contribution >= 4 is 46.6 Å². The number of benzene rings is 2. The Balaban J connectivity index is 1.68. The SMILES string of the molecule is Cc1ccc(Cl)cc1NC(=O)c1nnn(-c2ccc(Cl)cc2)c1CSc1ncccn1. The third kappa shape index (κ3) is 5.04. The molecule has 0 fully saturated rings. The molecular formula is C21H16Cl2N6OS. The maximum Gasteiger partial charge on any atom is 0.278 e. The molecule has 0 aliphatic rings. The molecule has 0 bridgehead atoms. The highest BCUT2D eigenvalue weighted by Gasteiger charge is 2.22. The Morgan fingerprint density at radius 1 is 1.06 bits per heavy atom. The second-order valence-electron chi connectivity index (χ2n) is 6.51. The van der Waals surface area contributed by atoms with Crippen molar-refractivity contribution < 1.29 is 4.79 Å². The molecule has 2 aromatic heterocycles. The summed E-state index contributed by atoms with van der Waals surface area (Å²) in [6.45, 7) is 1.89. The Morgan fingerprint density at radius 3 is 2.52 bits per heavy atom. The van der Waals surface area contributed by atoms with Crippen molar-refractivity contribution in [3.63, 3.8) is 0 Å². The van der Waals surface area contributed by atoms with Crippen LogP contribution < -0.4 is 5.32 Å². The summed E-state index contributed by atoms with van der Waals surface area (Å²) in [5, 5.41) is 13.0. The van der Waals surface area contributed by atoms with Crippen molar-refractivity contribution in [1.29, 1.82) is 0 Å². The van der Waals surface area contributed by atoms with E-state index in [1.165, 1.54) is 11.8 Å². The number of aromatic nitrogens is 5. The zero-order valence-electron chi connectivity index (χ0n) is 16.3. The summed E-state index contributed by atoms with van der Waals surface area (Å²) in [6.07, 6.45) is 3.33. The van der Waals surface area contributed by atoms with Crippen molar-refractivity contribution in [1.82, 2.24) is 25.0 Å². The topological polar surface area (TPSA) is 85.6 Å². The zero-order valence-corrected chi connectivity index (χ0v) is 18.6. The van der Waals surface area contributed by atoms with Gasteiger partial charge in [-0.3, -0.25) is 4.79 Å². The average molecular weight is 471 g/mol. The van der Waals surface area contributed by atoms with Gasteiger partial charge in [-0.25, -0.2) is 14.6 Å². The van der Waals surface area contributed by atoms with E-state index < -0.39 is 0 Å². The molecule has 0 saturated carbocycles. The predicted molar refractivity (Wildman–Crippen MR) is 122 cm³/mol. The van der Waals surface area contributed by atoms with E-state index in [1.54, 1.807) is 47.4 Å². The summed E-state index contributed by atoms with van der Waals surface area (Å²) in [5.41, 5.74) is 3.05. The summed E-state index contributed by atoms with van der Waals surface area (Å²) in [4.78, 5) is 21.5. The highest BCUT2D eigenvalue weighted by molar-refractivity contribution is 7.98. The average Bonchev–Trinajstić information content (AvgIpc) is 3.20. The third-order valence-electron chi connectivity index (χ3n) is 4.38. The number of carbonyl (C=O) groups is 1. The quantitative estimate of drug-likeness (QED) is 0.307. The number of carbonyl (C=O) groups excluding carboxylic acids is 1. The van der Waals surface area contributed by atoms with Crippen LogP contribution in [-0.4, -0.2) is 30.9 Å². The van der Waals surface area contributed by atoms with Gasteiger partial charge >= 0.3 is 0 Å². The molecule has 1 N–H and O–H groups in total. The molecular weight excluding hydrogens is 455 g/mol. The van der Waals surface area contributed by atoms with Crippen molar-refractivity contribution in [3.8, 4) is 5.69 Å². The molecule has 0 spiro atoms. The van der Waals surface area contributed by atoms with Crippen molar-refractivity contribution in [2.24, 2.45) is 0 Å². The van der Waals surface area contributed by atoms with Crippen LogP contribution >= 0.6 is 35.0 Å². The van der Waals surface area contributed by atoms with E-state index in [-0.39, 0.29) is 11.6 Å². The first-order chi connectivity index (χ1) is 15.0. The molecule has 4 rings (SSSR count). The maximum atomic E-state index is 13.1. The lowest BCUT2D eigenvalue weighted by molar-refractivity contribution is 0.102. The second-order valence-corrected chi connectivity index (χ2v) is 8.32. The van der Waals surface area contributed by atoms with Gasteiger partial charge in [0.15, 0.2) is 10.9 Å². The molecule has 0 atom stereocenters. The fourth-order valence-corrected chi connectivity index (χ4v) is 3.89. The standard InChI is InChI=1S/C21H16Cl2N6OS/c1-13-3-4-15(23)11-17(13)26-20(30)19-18(12-31-21-24-9-2-10-25-21)29(28-27-19)16-7-5-14(22)6-8-16/h2-11H,12H2,1H3,(H,26,30). The minimum atomic E-state index is -0.379. The molecule has 0 aliphatic carbocycles. The molecule has 156 valence electrons. The highest BCUT2D eigenvalue weighted by Crippen LogP contribution is 2.25. The number of hydrogen-bond donors (Lipinski definition) is 1. The maximum absolute atomic E-state index is 13.1. The third-order valence-corrected chi connectivity index (χ3v) is 5.75. The molecule has 0 radical (unpaired) electrons. The van der Waals surface area contributed by atoms with Gasteiger partial charge in [0.25, 0.3) is 5.91 Å². The van der Waals surface area contributed by atoms with Crippen LogP contribution in [0.25, 0.3) is 5.69 Å². The number of hydrogen-bond acceptors (Lipinski definition) is 6. The molecule has 1 amide bonds. The minimum absolute atomic E-state index is 0.206. The fraction of sp³-hybridized carbons (Fsp3) is 0.0952. The number of nitrogens with zero attached hydrogens (tertiary/aromatic N) is 5. The monoisotopic (exact) mass is 470 g/mol. The molecule has 31 heavy (non-hydrogen) atoms. The lowest BCUT2D eigenvalue weighted by atomic mass is 10.2. The van der Waals surface area contributed by atoms with E-state index in [9.17, 15) is 4.79 Å². The minimum Gasteiger partial charge on any atom is -0.320 e. The van der Waals surface area contributed by atoms with Crippen LogP contribution in [0.3, 0.4) is 0 Å². The first-order valence-electron chi connectivity index (χ1n) is 9.19. The van der Waals surface area contributed by atoms with Gasteiger partial charge in [-0.1, -0.05) is 46.2 Å². The van der Waals surface area contributed by atoms with Gasteiger partial charge in [-0.05, 0) is 55.0 Å². The van der Waals surface area contributed by atoms with Gasteiger partial charge in [-0.15, -0.1) is 5.10 Å². The lowest BCUT2D eigenvalue weighted by Crippen LogP contribution is -2.16. The van der Waals surface area contributed by atoms with Crippen LogP contribution in [0, 0.1) is 6.92 Å². The summed E-state index contributed by atoms with van der Waals surface area (Å²) in [5.74, 6) is 0.00635. The van der Waals surface area contributed by atoms with Crippen LogP contribution in [0.1, 0.15) is 21.7 Å². The Bertz CT molecular complexity index is 1210. The summed E-state index contributed by atoms with van der Waals surface area (Å²) >= 11 is 13.5. The normalized spacial score (nSPS) is 10.8. The van der Waals surface area contributed by atoms with Gasteiger partial charge in [-0.2, -0.15) is 0 Å². The molecule has 4 aromatic rings. The van der Waals surface area contributed by atoms with E-state index in [2.05, 4.69) is 25.6 Å². The van der Waals surface area contributed by atoms with Crippen LogP contribution in [0.5, 0.6) is 0 Å². The fourth-order valence-electron chi connectivity index (χ4n) is 2.80. The van der Waals surface area contributed by atoms with Crippen LogP contribution in [-0.2, 0) is 5.75 Å². The Kier molecular flexibility index (Phi) is 6.50. The number of aryl methyl sites for hydroxylation is 1. The Hall–Kier alpha value is -2.94. The van der Waals surface area contributed by atoms with Crippen molar-refractivity contribution in [2.45, 2.75) is 17.8 Å². The van der Waals surface area contributed by atoms with Gasteiger partial charge in [0, 0.05) is 33.9 Å². The smallest absolute Gasteiger partial charge is 0.278 e. The van der Waals surface area contributed by atoms with Crippen LogP contribution in [0.15, 0.2) is 66.1 Å². The van der Waals surface area contributed by atoms with Crippen molar-refractivity contribution in [3.05, 3.63) is 87.9 Å². The van der Waals surface area contributed by atoms with E-state index >= 15 is 0 Å². The van der Waals surface area contributed by atoms with Gasteiger partial charge in [0.1, 0.15) is 0 Å². The van der Waals surface area contributed by atoms with Gasteiger partial charge < -0.3 is 5.32 Å². The van der Waals surface area contributed by atoms with E-state index in [0.29, 0.717) is 32.3 Å². The number of amides is 1. The van der Waals surface area contributed by atoms with E-state index in [1.807, 2.05) is 25.1 Å². The largest absolute Gasteiger partial charge is 0.320 e. The molecule has 7 nitrogen and oxygen atoms in total. The summed E-state index contributed by atoms with van der Waals surface area (Å²) < 4.78 is 1.62. The first kappa shape index (κ1) is 21.3. The lowest BCUT2D eigenvalue weighted by Gasteiger charge is -2.10. The molecule has 0 saturated heterocycles. The highest BCUT2D eigenvalue weighted by atomic mass is 35.5. The van der Waals surface area contributed by atoms with Crippen molar-refractivity contribution in [2.75, 3.05) is 5.32 Å². The number of nitrogens with one attached hydrogen (secondary N) is 1. The molecule has 0 aliphatic heterocycles. The van der Waals surface area contributed by atoms with E-state index in [4.69, 9.17) is 23.2 Å². The predicted octanol–water partition coefficient (Wildman–Crippen LogP) is 5.22. The molecule has 2 aromatic carbocycles.